The zero-order chi connectivity index (χ0) is 28.3. The standard InChI is InChI=1S/C33H30FNO5/c1-23(22-39-32(36)28-17-13-26(14-18-28)24-9-5-3-6-10-24)31(30(34)21-35-38-2)40-33(37)29-19-15-27(16-20-29)25-11-7-4-8-12-25/h3-21,23,30-31H,22H2,1-2H3/t23-,30+,31+/m0/s1. The van der Waals surface area contributed by atoms with Crippen LogP contribution in [-0.2, 0) is 14.3 Å². The molecular weight excluding hydrogens is 509 g/mol. The van der Waals surface area contributed by atoms with E-state index in [0.29, 0.717) is 5.56 Å². The van der Waals surface area contributed by atoms with E-state index in [9.17, 15) is 9.59 Å². The van der Waals surface area contributed by atoms with Crippen LogP contribution in [0, 0.1) is 5.92 Å². The number of nitrogens with zero attached hydrogens (tertiary/aromatic N) is 1. The average molecular weight is 540 g/mol. The quantitative estimate of drug-likeness (QED) is 0.116. The van der Waals surface area contributed by atoms with Crippen molar-refractivity contribution in [1.29, 1.82) is 0 Å². The van der Waals surface area contributed by atoms with Crippen molar-refractivity contribution in [3.8, 4) is 22.3 Å². The molecule has 0 aromatic heterocycles. The third kappa shape index (κ3) is 7.41. The van der Waals surface area contributed by atoms with Crippen molar-refractivity contribution in [2.75, 3.05) is 13.7 Å². The first kappa shape index (κ1) is 28.2. The van der Waals surface area contributed by atoms with Crippen LogP contribution in [0.15, 0.2) is 114 Å². The molecule has 0 radical (unpaired) electrons. The third-order valence-electron chi connectivity index (χ3n) is 6.36. The normalized spacial score (nSPS) is 13.3. The van der Waals surface area contributed by atoms with Crippen molar-refractivity contribution in [3.05, 3.63) is 120 Å². The summed E-state index contributed by atoms with van der Waals surface area (Å²) in [5, 5.41) is 3.48. The van der Waals surface area contributed by atoms with E-state index in [1.165, 1.54) is 7.11 Å². The van der Waals surface area contributed by atoms with Gasteiger partial charge in [-0.05, 0) is 46.5 Å². The third-order valence-corrected chi connectivity index (χ3v) is 6.36. The summed E-state index contributed by atoms with van der Waals surface area (Å²) >= 11 is 0. The molecule has 0 amide bonds. The molecule has 0 aliphatic rings. The van der Waals surface area contributed by atoms with E-state index in [1.54, 1.807) is 43.3 Å². The van der Waals surface area contributed by atoms with E-state index in [2.05, 4.69) is 9.99 Å². The first-order valence-corrected chi connectivity index (χ1v) is 12.9. The SMILES string of the molecule is CON=C[C@@H](F)[C@H](OC(=O)c1ccc(-c2ccccc2)cc1)[C@@H](C)COC(=O)c1ccc(-c2ccccc2)cc1. The number of hydrogen-bond donors (Lipinski definition) is 0. The number of alkyl halides is 1. The monoisotopic (exact) mass is 539 g/mol. The summed E-state index contributed by atoms with van der Waals surface area (Å²) in [5.41, 5.74) is 4.56. The van der Waals surface area contributed by atoms with Crippen LogP contribution in [-0.4, -0.2) is 44.1 Å². The van der Waals surface area contributed by atoms with Gasteiger partial charge in [-0.1, -0.05) is 97.0 Å². The number of rotatable bonds is 11. The number of carbonyl (C=O) groups is 2. The van der Waals surface area contributed by atoms with Gasteiger partial charge in [0, 0.05) is 5.92 Å². The Bertz CT molecular complexity index is 1410. The first-order valence-electron chi connectivity index (χ1n) is 12.9. The van der Waals surface area contributed by atoms with E-state index in [1.807, 2.05) is 72.8 Å². The number of ether oxygens (including phenoxy) is 2. The number of oxime groups is 1. The van der Waals surface area contributed by atoms with Gasteiger partial charge in [0.05, 0.1) is 23.9 Å². The van der Waals surface area contributed by atoms with Crippen LogP contribution in [0.25, 0.3) is 22.3 Å². The fourth-order valence-electron chi connectivity index (χ4n) is 4.13. The molecule has 4 aromatic rings. The van der Waals surface area contributed by atoms with Crippen molar-refractivity contribution >= 4 is 18.2 Å². The molecule has 6 nitrogen and oxygen atoms in total. The summed E-state index contributed by atoms with van der Waals surface area (Å²) < 4.78 is 26.1. The summed E-state index contributed by atoms with van der Waals surface area (Å²) in [7, 11) is 1.28. The number of esters is 2. The lowest BCUT2D eigenvalue weighted by atomic mass is 10.0. The highest BCUT2D eigenvalue weighted by Gasteiger charge is 2.31. The fraction of sp³-hybridized carbons (Fsp3) is 0.182. The Morgan fingerprint density at radius 3 is 1.65 bits per heavy atom. The second-order valence-corrected chi connectivity index (χ2v) is 9.21. The van der Waals surface area contributed by atoms with Crippen LogP contribution < -0.4 is 0 Å². The molecule has 7 heteroatoms. The second-order valence-electron chi connectivity index (χ2n) is 9.21. The molecule has 3 atom stereocenters. The zero-order valence-corrected chi connectivity index (χ0v) is 22.3. The first-order chi connectivity index (χ1) is 19.5. The second kappa shape index (κ2) is 13.8. The Kier molecular flexibility index (Phi) is 9.77. The Hall–Kier alpha value is -4.78. The molecule has 0 heterocycles. The van der Waals surface area contributed by atoms with Crippen molar-refractivity contribution < 1.29 is 28.3 Å². The predicted octanol–water partition coefficient (Wildman–Crippen LogP) is 7.01. The fourth-order valence-corrected chi connectivity index (χ4v) is 4.13. The molecule has 0 unspecified atom stereocenters. The Balaban J connectivity index is 1.40. The molecule has 204 valence electrons. The van der Waals surface area contributed by atoms with Crippen LogP contribution >= 0.6 is 0 Å². The maximum Gasteiger partial charge on any atom is 0.338 e. The minimum absolute atomic E-state index is 0.175. The van der Waals surface area contributed by atoms with Gasteiger partial charge < -0.3 is 14.3 Å². The lowest BCUT2D eigenvalue weighted by Crippen LogP contribution is -2.37. The summed E-state index contributed by atoms with van der Waals surface area (Å²) in [4.78, 5) is 30.2. The number of carbonyl (C=O) groups excluding carboxylic acids is 2. The van der Waals surface area contributed by atoms with E-state index in [0.717, 1.165) is 28.5 Å². The maximum absolute atomic E-state index is 15.1. The summed E-state index contributed by atoms with van der Waals surface area (Å²) in [5.74, 6) is -1.94. The molecule has 0 aliphatic carbocycles. The smallest absolute Gasteiger partial charge is 0.338 e. The van der Waals surface area contributed by atoms with Crippen LogP contribution in [0.4, 0.5) is 4.39 Å². The average Bonchev–Trinajstić information content (AvgIpc) is 3.02. The highest BCUT2D eigenvalue weighted by Crippen LogP contribution is 2.23. The van der Waals surface area contributed by atoms with Gasteiger partial charge in [0.15, 0.2) is 6.17 Å². The highest BCUT2D eigenvalue weighted by molar-refractivity contribution is 5.91. The van der Waals surface area contributed by atoms with E-state index < -0.39 is 30.1 Å². The largest absolute Gasteiger partial charge is 0.462 e. The van der Waals surface area contributed by atoms with Crippen LogP contribution in [0.1, 0.15) is 27.6 Å². The van der Waals surface area contributed by atoms with Gasteiger partial charge in [0.2, 0.25) is 0 Å². The lowest BCUT2D eigenvalue weighted by Gasteiger charge is -2.25. The number of halogens is 1. The van der Waals surface area contributed by atoms with Gasteiger partial charge in [0.1, 0.15) is 13.2 Å². The molecular formula is C33H30FNO5. The van der Waals surface area contributed by atoms with Crippen molar-refractivity contribution in [1.82, 2.24) is 0 Å². The Morgan fingerprint density at radius 1 is 0.725 bits per heavy atom. The molecule has 40 heavy (non-hydrogen) atoms. The molecule has 0 N–H and O–H groups in total. The van der Waals surface area contributed by atoms with Crippen LogP contribution in [0.2, 0.25) is 0 Å². The highest BCUT2D eigenvalue weighted by atomic mass is 19.1. The summed E-state index contributed by atoms with van der Waals surface area (Å²) in [6.45, 7) is 1.46. The summed E-state index contributed by atoms with van der Waals surface area (Å²) in [6.07, 6.45) is -2.14. The Morgan fingerprint density at radius 2 is 1.18 bits per heavy atom. The van der Waals surface area contributed by atoms with Crippen LogP contribution in [0.3, 0.4) is 0 Å². The van der Waals surface area contributed by atoms with E-state index in [4.69, 9.17) is 9.47 Å². The lowest BCUT2D eigenvalue weighted by molar-refractivity contribution is -0.0165. The molecule has 4 aromatic carbocycles. The molecule has 4 rings (SSSR count). The van der Waals surface area contributed by atoms with Gasteiger partial charge >= 0.3 is 11.9 Å². The van der Waals surface area contributed by atoms with Crippen LogP contribution in [0.5, 0.6) is 0 Å². The minimum atomic E-state index is -1.79. The molecule has 0 bridgehead atoms. The van der Waals surface area contributed by atoms with Gasteiger partial charge in [0.25, 0.3) is 0 Å². The number of benzene rings is 4. The molecule has 0 aliphatic heterocycles. The molecule has 0 saturated heterocycles. The number of hydrogen-bond acceptors (Lipinski definition) is 6. The zero-order valence-electron chi connectivity index (χ0n) is 22.3. The Labute approximate surface area is 233 Å². The molecule has 0 saturated carbocycles. The van der Waals surface area contributed by atoms with E-state index >= 15 is 4.39 Å². The maximum atomic E-state index is 15.1. The van der Waals surface area contributed by atoms with Gasteiger partial charge in [-0.2, -0.15) is 0 Å². The predicted molar refractivity (Wildman–Crippen MR) is 153 cm³/mol. The van der Waals surface area contributed by atoms with E-state index in [-0.39, 0.29) is 12.2 Å². The molecule has 0 fully saturated rings. The summed E-state index contributed by atoms with van der Waals surface area (Å²) in [6, 6.07) is 33.4. The molecule has 0 spiro atoms. The van der Waals surface area contributed by atoms with Gasteiger partial charge in [-0.25, -0.2) is 14.0 Å². The van der Waals surface area contributed by atoms with Gasteiger partial charge in [-0.3, -0.25) is 0 Å². The topological polar surface area (TPSA) is 74.2 Å². The van der Waals surface area contributed by atoms with Crippen molar-refractivity contribution in [2.45, 2.75) is 19.2 Å². The minimum Gasteiger partial charge on any atom is -0.462 e. The van der Waals surface area contributed by atoms with Gasteiger partial charge in [-0.15, -0.1) is 0 Å². The van der Waals surface area contributed by atoms with Crippen molar-refractivity contribution in [2.24, 2.45) is 11.1 Å². The van der Waals surface area contributed by atoms with Crippen molar-refractivity contribution in [3.63, 3.8) is 0 Å².